The number of carbonyl (C=O) groups is 2. The van der Waals surface area contributed by atoms with Crippen LogP contribution in [0.4, 0.5) is 5.69 Å². The van der Waals surface area contributed by atoms with Crippen molar-refractivity contribution in [3.8, 4) is 0 Å². The van der Waals surface area contributed by atoms with Gasteiger partial charge in [-0.15, -0.1) is 0 Å². The maximum atomic E-state index is 12.0. The van der Waals surface area contributed by atoms with Crippen LogP contribution in [-0.4, -0.2) is 42.8 Å². The number of hydrogen-bond acceptors (Lipinski definition) is 4. The second-order valence-corrected chi connectivity index (χ2v) is 5.43. The Morgan fingerprint density at radius 3 is 2.41 bits per heavy atom. The van der Waals surface area contributed by atoms with E-state index in [1.165, 1.54) is 0 Å². The van der Waals surface area contributed by atoms with E-state index in [2.05, 4.69) is 10.2 Å². The van der Waals surface area contributed by atoms with Crippen molar-refractivity contribution in [3.63, 3.8) is 0 Å². The molecule has 1 atom stereocenters. The molecule has 0 radical (unpaired) electrons. The number of ketones is 1. The fourth-order valence-corrected chi connectivity index (χ4v) is 2.32. The fourth-order valence-electron chi connectivity index (χ4n) is 2.32. The van der Waals surface area contributed by atoms with Gasteiger partial charge in [-0.05, 0) is 50.7 Å². The van der Waals surface area contributed by atoms with Crippen LogP contribution in [-0.2, 0) is 4.79 Å². The van der Waals surface area contributed by atoms with E-state index >= 15 is 0 Å². The van der Waals surface area contributed by atoms with Crippen LogP contribution in [0, 0.1) is 0 Å². The molecular formula is C17H27N3O2. The van der Waals surface area contributed by atoms with Crippen molar-refractivity contribution < 1.29 is 9.59 Å². The Morgan fingerprint density at radius 1 is 1.23 bits per heavy atom. The minimum Gasteiger partial charge on any atom is -0.399 e. The fraction of sp³-hybridized carbons (Fsp3) is 0.529. The largest absolute Gasteiger partial charge is 0.399 e. The maximum Gasteiger partial charge on any atom is 0.251 e. The third kappa shape index (κ3) is 5.48. The van der Waals surface area contributed by atoms with Crippen molar-refractivity contribution in [1.82, 2.24) is 10.2 Å². The maximum absolute atomic E-state index is 12.0. The molecule has 122 valence electrons. The number of nitrogens with one attached hydrogen (secondary N) is 1. The van der Waals surface area contributed by atoms with Crippen LogP contribution >= 0.6 is 0 Å². The standard InChI is InChI=1S/C17H27N3O2/c1-4-16(21)15(20(3)5-2)7-6-12-19-17(22)13-8-10-14(18)11-9-13/h8-11,15H,4-7,12,18H2,1-3H3,(H,19,22)/t15-/m1/s1. The molecule has 0 bridgehead atoms. The molecule has 1 aromatic rings. The van der Waals surface area contributed by atoms with Gasteiger partial charge in [0.2, 0.25) is 0 Å². The zero-order valence-corrected chi connectivity index (χ0v) is 13.8. The minimum atomic E-state index is -0.109. The number of carbonyl (C=O) groups excluding carboxylic acids is 2. The number of anilines is 1. The van der Waals surface area contributed by atoms with Gasteiger partial charge >= 0.3 is 0 Å². The van der Waals surface area contributed by atoms with Crippen molar-refractivity contribution in [2.45, 2.75) is 39.2 Å². The molecule has 0 fully saturated rings. The molecule has 5 nitrogen and oxygen atoms in total. The Hall–Kier alpha value is -1.88. The summed E-state index contributed by atoms with van der Waals surface area (Å²) in [6.45, 7) is 5.34. The first-order valence-electron chi connectivity index (χ1n) is 7.86. The monoisotopic (exact) mass is 305 g/mol. The minimum absolute atomic E-state index is 0.0524. The quantitative estimate of drug-likeness (QED) is 0.541. The van der Waals surface area contributed by atoms with E-state index in [0.29, 0.717) is 24.2 Å². The summed E-state index contributed by atoms with van der Waals surface area (Å²) < 4.78 is 0. The SMILES string of the molecule is CCC(=O)[C@@H](CCCNC(=O)c1ccc(N)cc1)N(C)CC. The number of likely N-dealkylation sites (N-methyl/N-ethyl adjacent to an activating group) is 1. The zero-order chi connectivity index (χ0) is 16.5. The van der Waals surface area contributed by atoms with Gasteiger partial charge in [-0.25, -0.2) is 0 Å². The third-order valence-corrected chi connectivity index (χ3v) is 3.86. The van der Waals surface area contributed by atoms with E-state index in [0.717, 1.165) is 19.4 Å². The van der Waals surface area contributed by atoms with E-state index in [-0.39, 0.29) is 17.7 Å². The van der Waals surface area contributed by atoms with Crippen LogP contribution in [0.1, 0.15) is 43.5 Å². The number of nitrogen functional groups attached to an aromatic ring is 1. The zero-order valence-electron chi connectivity index (χ0n) is 13.8. The Labute approximate surface area is 132 Å². The van der Waals surface area contributed by atoms with Crippen LogP contribution in [0.2, 0.25) is 0 Å². The highest BCUT2D eigenvalue weighted by molar-refractivity contribution is 5.94. The molecule has 5 heteroatoms. The molecule has 0 aromatic heterocycles. The topological polar surface area (TPSA) is 75.4 Å². The smallest absolute Gasteiger partial charge is 0.251 e. The number of benzene rings is 1. The van der Waals surface area contributed by atoms with Crippen molar-refractivity contribution >= 4 is 17.4 Å². The van der Waals surface area contributed by atoms with Gasteiger partial charge in [0.25, 0.3) is 5.91 Å². The third-order valence-electron chi connectivity index (χ3n) is 3.86. The highest BCUT2D eigenvalue weighted by Gasteiger charge is 2.19. The van der Waals surface area contributed by atoms with Gasteiger partial charge < -0.3 is 11.1 Å². The van der Waals surface area contributed by atoms with Gasteiger partial charge in [0.15, 0.2) is 0 Å². The van der Waals surface area contributed by atoms with Crippen molar-refractivity contribution in [2.75, 3.05) is 25.9 Å². The molecule has 0 aliphatic rings. The summed E-state index contributed by atoms with van der Waals surface area (Å²) in [7, 11) is 1.96. The summed E-state index contributed by atoms with van der Waals surface area (Å²) in [5.74, 6) is 0.149. The van der Waals surface area contributed by atoms with Crippen LogP contribution in [0.15, 0.2) is 24.3 Å². The molecular weight excluding hydrogens is 278 g/mol. The van der Waals surface area contributed by atoms with E-state index < -0.39 is 0 Å². The van der Waals surface area contributed by atoms with Gasteiger partial charge in [-0.3, -0.25) is 14.5 Å². The predicted octanol–water partition coefficient (Wildman–Crippen LogP) is 2.08. The molecule has 1 amide bonds. The van der Waals surface area contributed by atoms with Gasteiger partial charge in [-0.2, -0.15) is 0 Å². The summed E-state index contributed by atoms with van der Waals surface area (Å²) in [5.41, 5.74) is 6.83. The molecule has 22 heavy (non-hydrogen) atoms. The van der Waals surface area contributed by atoms with E-state index in [1.807, 2.05) is 20.9 Å². The van der Waals surface area contributed by atoms with Crippen LogP contribution < -0.4 is 11.1 Å². The normalized spacial score (nSPS) is 12.2. The number of nitrogens with zero attached hydrogens (tertiary/aromatic N) is 1. The van der Waals surface area contributed by atoms with Gasteiger partial charge in [0, 0.05) is 24.2 Å². The molecule has 0 aliphatic carbocycles. The number of rotatable bonds is 9. The van der Waals surface area contributed by atoms with E-state index in [4.69, 9.17) is 5.73 Å². The first kappa shape index (κ1) is 18.2. The highest BCUT2D eigenvalue weighted by atomic mass is 16.1. The lowest BCUT2D eigenvalue weighted by Crippen LogP contribution is -2.38. The van der Waals surface area contributed by atoms with E-state index in [9.17, 15) is 9.59 Å². The van der Waals surface area contributed by atoms with Crippen molar-refractivity contribution in [2.24, 2.45) is 0 Å². The highest BCUT2D eigenvalue weighted by Crippen LogP contribution is 2.09. The lowest BCUT2D eigenvalue weighted by atomic mass is 10.0. The second kappa shape index (κ2) is 9.20. The lowest BCUT2D eigenvalue weighted by molar-refractivity contribution is -0.123. The van der Waals surface area contributed by atoms with E-state index in [1.54, 1.807) is 24.3 Å². The molecule has 0 spiro atoms. The summed E-state index contributed by atoms with van der Waals surface area (Å²) >= 11 is 0. The van der Waals surface area contributed by atoms with Gasteiger partial charge in [0.05, 0.1) is 6.04 Å². The number of nitrogens with two attached hydrogens (primary N) is 1. The lowest BCUT2D eigenvalue weighted by Gasteiger charge is -2.25. The first-order chi connectivity index (χ1) is 10.5. The summed E-state index contributed by atoms with van der Waals surface area (Å²) in [4.78, 5) is 26.0. The molecule has 1 rings (SSSR count). The van der Waals surface area contributed by atoms with Gasteiger partial charge in [0.1, 0.15) is 5.78 Å². The molecule has 1 aromatic carbocycles. The summed E-state index contributed by atoms with van der Waals surface area (Å²) in [6.07, 6.45) is 2.09. The summed E-state index contributed by atoms with van der Waals surface area (Å²) in [6, 6.07) is 6.78. The Bertz CT molecular complexity index is 485. The first-order valence-corrected chi connectivity index (χ1v) is 7.86. The van der Waals surface area contributed by atoms with Crippen molar-refractivity contribution in [3.05, 3.63) is 29.8 Å². The molecule has 3 N–H and O–H groups in total. The predicted molar refractivity (Wildman–Crippen MR) is 89.8 cm³/mol. The molecule has 0 heterocycles. The van der Waals surface area contributed by atoms with Crippen molar-refractivity contribution in [1.29, 1.82) is 0 Å². The van der Waals surface area contributed by atoms with Crippen LogP contribution in [0.5, 0.6) is 0 Å². The number of hydrogen-bond donors (Lipinski definition) is 2. The molecule has 0 saturated heterocycles. The molecule has 0 aliphatic heterocycles. The van der Waals surface area contributed by atoms with Crippen LogP contribution in [0.3, 0.4) is 0 Å². The van der Waals surface area contributed by atoms with Crippen LogP contribution in [0.25, 0.3) is 0 Å². The van der Waals surface area contributed by atoms with Gasteiger partial charge in [-0.1, -0.05) is 13.8 Å². The second-order valence-electron chi connectivity index (χ2n) is 5.43. The number of Topliss-reactive ketones (excluding diaryl/α,β-unsaturated/α-hetero) is 1. The average Bonchev–Trinajstić information content (AvgIpc) is 2.54. The molecule has 0 saturated carbocycles. The molecule has 0 unspecified atom stereocenters. The number of amides is 1. The average molecular weight is 305 g/mol. The Balaban J connectivity index is 2.41. The Kier molecular flexibility index (Phi) is 7.60. The summed E-state index contributed by atoms with van der Waals surface area (Å²) in [5, 5.41) is 2.88. The Morgan fingerprint density at radius 2 is 1.86 bits per heavy atom.